The van der Waals surface area contributed by atoms with Crippen LogP contribution in [-0.2, 0) is 27.0 Å². The van der Waals surface area contributed by atoms with Crippen LogP contribution in [0, 0.1) is 5.82 Å². The summed E-state index contributed by atoms with van der Waals surface area (Å²) in [7, 11) is -1.99. The normalized spacial score (nSPS) is 19.5. The van der Waals surface area contributed by atoms with Gasteiger partial charge in [0, 0.05) is 31.5 Å². The molecule has 0 aromatic heterocycles. The van der Waals surface area contributed by atoms with Gasteiger partial charge in [0.05, 0.1) is 13.2 Å². The van der Waals surface area contributed by atoms with Gasteiger partial charge >= 0.3 is 6.09 Å². The molecule has 0 saturated carbocycles. The highest BCUT2D eigenvalue weighted by atomic mass is 28.4. The highest BCUT2D eigenvalue weighted by Crippen LogP contribution is 2.38. The Hall–Kier alpha value is -2.91. The molecule has 0 bridgehead atoms. The molecule has 200 valence electrons. The molecule has 2 aromatic carbocycles. The van der Waals surface area contributed by atoms with E-state index < -0.39 is 32.2 Å². The van der Waals surface area contributed by atoms with Crippen LogP contribution in [0.5, 0.6) is 5.75 Å². The van der Waals surface area contributed by atoms with Gasteiger partial charge < -0.3 is 24.1 Å². The standard InChI is InChI=1S/C28H37FN2O5Si/c1-28(2,3)37(4,5)36-14-12-31-17-22(21-15-20-11-13-34-24(20)16-23(21)29)25(26(31)32)30-27(33)35-18-19-9-7-6-8-10-19/h6-10,15-16,22,25H,11-14,17-18H2,1-5H3,(H,30,33). The Morgan fingerprint density at radius 1 is 1.22 bits per heavy atom. The average Bonchev–Trinajstić information content (AvgIpc) is 3.41. The van der Waals surface area contributed by atoms with Gasteiger partial charge in [0.1, 0.15) is 24.2 Å². The Morgan fingerprint density at radius 3 is 2.65 bits per heavy atom. The number of carbonyl (C=O) groups excluding carboxylic acids is 2. The molecule has 1 saturated heterocycles. The summed E-state index contributed by atoms with van der Waals surface area (Å²) in [5.74, 6) is -0.730. The monoisotopic (exact) mass is 528 g/mol. The van der Waals surface area contributed by atoms with Crippen LogP contribution < -0.4 is 10.1 Å². The number of nitrogens with one attached hydrogen (secondary N) is 1. The third-order valence-electron chi connectivity index (χ3n) is 7.72. The van der Waals surface area contributed by atoms with E-state index in [1.54, 1.807) is 11.0 Å². The second-order valence-corrected chi connectivity index (χ2v) is 16.1. The first kappa shape index (κ1) is 27.1. The van der Waals surface area contributed by atoms with Crippen molar-refractivity contribution in [1.29, 1.82) is 0 Å². The predicted molar refractivity (Wildman–Crippen MR) is 142 cm³/mol. The van der Waals surface area contributed by atoms with E-state index >= 15 is 4.39 Å². The number of hydrogen-bond acceptors (Lipinski definition) is 5. The van der Waals surface area contributed by atoms with E-state index in [2.05, 4.69) is 39.2 Å². The van der Waals surface area contributed by atoms with E-state index in [0.717, 1.165) is 11.1 Å². The lowest BCUT2D eigenvalue weighted by atomic mass is 9.91. The summed E-state index contributed by atoms with van der Waals surface area (Å²) >= 11 is 0. The summed E-state index contributed by atoms with van der Waals surface area (Å²) in [6.45, 7) is 12.4. The van der Waals surface area contributed by atoms with Gasteiger partial charge in [-0.2, -0.15) is 0 Å². The summed E-state index contributed by atoms with van der Waals surface area (Å²) < 4.78 is 32.3. The minimum atomic E-state index is -1.99. The van der Waals surface area contributed by atoms with Crippen LogP contribution in [0.3, 0.4) is 0 Å². The zero-order chi connectivity index (χ0) is 26.8. The van der Waals surface area contributed by atoms with Crippen LogP contribution >= 0.6 is 0 Å². The third kappa shape index (κ3) is 6.15. The summed E-state index contributed by atoms with van der Waals surface area (Å²) in [4.78, 5) is 27.8. The molecule has 2 aliphatic rings. The fraction of sp³-hybridized carbons (Fsp3) is 0.500. The topological polar surface area (TPSA) is 77.1 Å². The summed E-state index contributed by atoms with van der Waals surface area (Å²) in [6.07, 6.45) is -0.0265. The van der Waals surface area contributed by atoms with Crippen LogP contribution in [0.15, 0.2) is 42.5 Å². The zero-order valence-electron chi connectivity index (χ0n) is 22.3. The number of hydrogen-bond donors (Lipinski definition) is 1. The van der Waals surface area contributed by atoms with E-state index in [9.17, 15) is 9.59 Å². The lowest BCUT2D eigenvalue weighted by Crippen LogP contribution is -2.45. The molecule has 7 nitrogen and oxygen atoms in total. The molecule has 1 N–H and O–H groups in total. The second kappa shape index (κ2) is 10.8. The van der Waals surface area contributed by atoms with E-state index in [1.807, 2.05) is 30.3 Å². The molecule has 2 aromatic rings. The van der Waals surface area contributed by atoms with Crippen molar-refractivity contribution >= 4 is 20.3 Å². The molecular weight excluding hydrogens is 491 g/mol. The van der Waals surface area contributed by atoms with Gasteiger partial charge in [-0.3, -0.25) is 4.79 Å². The molecule has 37 heavy (non-hydrogen) atoms. The largest absolute Gasteiger partial charge is 0.493 e. The van der Waals surface area contributed by atoms with Crippen molar-refractivity contribution in [1.82, 2.24) is 10.2 Å². The number of ether oxygens (including phenoxy) is 2. The van der Waals surface area contributed by atoms with E-state index in [4.69, 9.17) is 13.9 Å². The van der Waals surface area contributed by atoms with E-state index in [0.29, 0.717) is 37.5 Å². The average molecular weight is 529 g/mol. The number of fused-ring (bicyclic) bond motifs is 1. The Bertz CT molecular complexity index is 1140. The Kier molecular flexibility index (Phi) is 7.94. The van der Waals surface area contributed by atoms with Crippen molar-refractivity contribution in [2.45, 2.75) is 63.9 Å². The molecule has 2 amide bonds. The summed E-state index contributed by atoms with van der Waals surface area (Å²) in [5, 5.41) is 2.77. The number of nitrogens with zero attached hydrogens (tertiary/aromatic N) is 1. The number of rotatable bonds is 8. The molecule has 2 heterocycles. The molecule has 2 atom stereocenters. The molecule has 4 rings (SSSR count). The maximum atomic E-state index is 15.2. The van der Waals surface area contributed by atoms with Crippen molar-refractivity contribution in [3.05, 3.63) is 65.0 Å². The zero-order valence-corrected chi connectivity index (χ0v) is 23.3. The van der Waals surface area contributed by atoms with Crippen molar-refractivity contribution in [3.8, 4) is 5.75 Å². The molecule has 9 heteroatoms. The van der Waals surface area contributed by atoms with Crippen LogP contribution in [0.25, 0.3) is 0 Å². The van der Waals surface area contributed by atoms with E-state index in [1.165, 1.54) is 6.07 Å². The minimum absolute atomic E-state index is 0.0484. The first-order valence-corrected chi connectivity index (χ1v) is 15.7. The smallest absolute Gasteiger partial charge is 0.408 e. The SMILES string of the molecule is CC(C)(C)[Si](C)(C)OCCN1CC(c2cc3c(cc2F)OCC3)C(NC(=O)OCc2ccccc2)C1=O. The second-order valence-electron chi connectivity index (χ2n) is 11.3. The quantitative estimate of drug-likeness (QED) is 0.488. The van der Waals surface area contributed by atoms with Gasteiger partial charge in [-0.25, -0.2) is 9.18 Å². The fourth-order valence-corrected chi connectivity index (χ4v) is 5.50. The van der Waals surface area contributed by atoms with E-state index in [-0.39, 0.29) is 24.1 Å². The number of amides is 2. The lowest BCUT2D eigenvalue weighted by Gasteiger charge is -2.36. The molecule has 0 spiro atoms. The molecule has 2 unspecified atom stereocenters. The highest BCUT2D eigenvalue weighted by molar-refractivity contribution is 6.74. The fourth-order valence-electron chi connectivity index (χ4n) is 4.47. The van der Waals surface area contributed by atoms with Crippen molar-refractivity contribution in [2.24, 2.45) is 0 Å². The number of carbonyl (C=O) groups is 2. The van der Waals surface area contributed by atoms with Gasteiger partial charge in [0.25, 0.3) is 0 Å². The summed E-state index contributed by atoms with van der Waals surface area (Å²) in [6, 6.07) is 11.5. The predicted octanol–water partition coefficient (Wildman–Crippen LogP) is 5.00. The molecule has 1 fully saturated rings. The van der Waals surface area contributed by atoms with Crippen molar-refractivity contribution < 1.29 is 27.9 Å². The number of alkyl carbamates (subject to hydrolysis) is 1. The number of halogens is 1. The number of likely N-dealkylation sites (tertiary alicyclic amines) is 1. The molecular formula is C28H37FN2O5Si. The minimum Gasteiger partial charge on any atom is -0.493 e. The van der Waals surface area contributed by atoms with Gasteiger partial charge in [-0.1, -0.05) is 51.1 Å². The van der Waals surface area contributed by atoms with Gasteiger partial charge in [-0.05, 0) is 40.9 Å². The maximum Gasteiger partial charge on any atom is 0.408 e. The maximum absolute atomic E-state index is 15.2. The van der Waals surface area contributed by atoms with Crippen LogP contribution in [0.2, 0.25) is 18.1 Å². The van der Waals surface area contributed by atoms with Crippen LogP contribution in [0.4, 0.5) is 9.18 Å². The Morgan fingerprint density at radius 2 is 1.95 bits per heavy atom. The lowest BCUT2D eigenvalue weighted by molar-refractivity contribution is -0.129. The van der Waals surface area contributed by atoms with Crippen molar-refractivity contribution in [3.63, 3.8) is 0 Å². The van der Waals surface area contributed by atoms with Gasteiger partial charge in [0.15, 0.2) is 8.32 Å². The molecule has 0 aliphatic carbocycles. The summed E-state index contributed by atoms with van der Waals surface area (Å²) in [5.41, 5.74) is 2.15. The third-order valence-corrected chi connectivity index (χ3v) is 12.3. The molecule has 2 aliphatic heterocycles. The van der Waals surface area contributed by atoms with Crippen LogP contribution in [-0.4, -0.2) is 57.6 Å². The first-order valence-electron chi connectivity index (χ1n) is 12.8. The first-order chi connectivity index (χ1) is 17.5. The van der Waals surface area contributed by atoms with Gasteiger partial charge in [-0.15, -0.1) is 0 Å². The number of benzene rings is 2. The van der Waals surface area contributed by atoms with Crippen LogP contribution in [0.1, 0.15) is 43.4 Å². The van der Waals surface area contributed by atoms with Crippen molar-refractivity contribution in [2.75, 3.05) is 26.3 Å². The Labute approximate surface area is 219 Å². The Balaban J connectivity index is 1.49. The highest BCUT2D eigenvalue weighted by Gasteiger charge is 2.44. The van der Waals surface area contributed by atoms with Gasteiger partial charge in [0.2, 0.25) is 5.91 Å². The molecule has 0 radical (unpaired) electrons.